The molecule has 0 atom stereocenters. The number of aryl methyl sites for hydroxylation is 2. The normalized spacial score (nSPS) is 13.0. The molecule has 1 aromatic carbocycles. The third kappa shape index (κ3) is 3.03. The summed E-state index contributed by atoms with van der Waals surface area (Å²) in [5.41, 5.74) is 1.44. The van der Waals surface area contributed by atoms with Crippen LogP contribution in [0.2, 0.25) is 5.02 Å². The lowest BCUT2D eigenvalue weighted by Crippen LogP contribution is -2.16. The van der Waals surface area contributed by atoms with Gasteiger partial charge in [-0.05, 0) is 31.5 Å². The second kappa shape index (κ2) is 6.14. The van der Waals surface area contributed by atoms with E-state index in [9.17, 15) is 4.79 Å². The SMILES string of the molecule is Cc1nc(C)c(C(=O)OCc2cc(Cl)c3c(c2)OCCO3)s1. The number of hydrogen-bond acceptors (Lipinski definition) is 6. The van der Waals surface area contributed by atoms with E-state index in [0.717, 1.165) is 10.6 Å². The van der Waals surface area contributed by atoms with Crippen LogP contribution in [0, 0.1) is 13.8 Å². The quantitative estimate of drug-likeness (QED) is 0.800. The van der Waals surface area contributed by atoms with Gasteiger partial charge >= 0.3 is 5.97 Å². The number of carbonyl (C=O) groups excluding carboxylic acids is 1. The summed E-state index contributed by atoms with van der Waals surface area (Å²) in [4.78, 5) is 16.8. The van der Waals surface area contributed by atoms with E-state index in [2.05, 4.69) is 4.98 Å². The Morgan fingerprint density at radius 2 is 2.14 bits per heavy atom. The van der Waals surface area contributed by atoms with Crippen LogP contribution < -0.4 is 9.47 Å². The van der Waals surface area contributed by atoms with Crippen molar-refractivity contribution in [1.82, 2.24) is 4.98 Å². The van der Waals surface area contributed by atoms with Crippen molar-refractivity contribution in [3.05, 3.63) is 38.3 Å². The molecule has 1 aromatic heterocycles. The summed E-state index contributed by atoms with van der Waals surface area (Å²) < 4.78 is 16.3. The fourth-order valence-electron chi connectivity index (χ4n) is 2.18. The van der Waals surface area contributed by atoms with Crippen molar-refractivity contribution in [2.45, 2.75) is 20.5 Å². The van der Waals surface area contributed by atoms with Crippen LogP contribution in [0.25, 0.3) is 0 Å². The minimum atomic E-state index is -0.380. The van der Waals surface area contributed by atoms with Gasteiger partial charge in [0, 0.05) is 0 Å². The molecule has 0 saturated heterocycles. The molecule has 0 amide bonds. The number of benzene rings is 1. The van der Waals surface area contributed by atoms with Crippen molar-refractivity contribution in [3.63, 3.8) is 0 Å². The Morgan fingerprint density at radius 3 is 2.86 bits per heavy atom. The van der Waals surface area contributed by atoms with E-state index in [1.54, 1.807) is 19.1 Å². The number of halogens is 1. The zero-order chi connectivity index (χ0) is 15.7. The lowest BCUT2D eigenvalue weighted by molar-refractivity contribution is 0.0476. The third-order valence-corrected chi connectivity index (χ3v) is 4.45. The van der Waals surface area contributed by atoms with Crippen LogP contribution in [0.4, 0.5) is 0 Å². The van der Waals surface area contributed by atoms with Gasteiger partial charge in [0.2, 0.25) is 0 Å². The van der Waals surface area contributed by atoms with Crippen LogP contribution in [-0.2, 0) is 11.3 Å². The molecule has 0 N–H and O–H groups in total. The highest BCUT2D eigenvalue weighted by atomic mass is 35.5. The van der Waals surface area contributed by atoms with Gasteiger partial charge in [0.05, 0.1) is 15.7 Å². The fraction of sp³-hybridized carbons (Fsp3) is 0.333. The topological polar surface area (TPSA) is 57.7 Å². The smallest absolute Gasteiger partial charge is 0.350 e. The summed E-state index contributed by atoms with van der Waals surface area (Å²) in [5, 5.41) is 1.29. The number of rotatable bonds is 3. The van der Waals surface area contributed by atoms with Gasteiger partial charge < -0.3 is 14.2 Å². The second-order valence-electron chi connectivity index (χ2n) is 4.83. The van der Waals surface area contributed by atoms with Crippen molar-refractivity contribution >= 4 is 28.9 Å². The summed E-state index contributed by atoms with van der Waals surface area (Å²) in [5.74, 6) is 0.737. The van der Waals surface area contributed by atoms with Gasteiger partial charge in [-0.2, -0.15) is 0 Å². The van der Waals surface area contributed by atoms with Crippen molar-refractivity contribution in [3.8, 4) is 11.5 Å². The predicted octanol–water partition coefficient (Wildman–Crippen LogP) is 3.54. The number of esters is 1. The Bertz CT molecular complexity index is 729. The minimum Gasteiger partial charge on any atom is -0.486 e. The molecule has 3 rings (SSSR count). The predicted molar refractivity (Wildman–Crippen MR) is 83.1 cm³/mol. The van der Waals surface area contributed by atoms with Crippen LogP contribution in [-0.4, -0.2) is 24.2 Å². The summed E-state index contributed by atoms with van der Waals surface area (Å²) in [7, 11) is 0. The lowest BCUT2D eigenvalue weighted by Gasteiger charge is -2.20. The van der Waals surface area contributed by atoms with Gasteiger partial charge in [-0.25, -0.2) is 9.78 Å². The molecule has 0 radical (unpaired) electrons. The first kappa shape index (κ1) is 15.1. The molecular weight excluding hydrogens is 326 g/mol. The van der Waals surface area contributed by atoms with Gasteiger partial charge in [-0.15, -0.1) is 11.3 Å². The standard InChI is InChI=1S/C15H14ClNO4S/c1-8-14(22-9(2)17-8)15(18)21-7-10-5-11(16)13-12(6-10)19-3-4-20-13/h5-6H,3-4,7H2,1-2H3. The van der Waals surface area contributed by atoms with E-state index in [1.165, 1.54) is 11.3 Å². The highest BCUT2D eigenvalue weighted by Gasteiger charge is 2.19. The lowest BCUT2D eigenvalue weighted by atomic mass is 10.2. The summed E-state index contributed by atoms with van der Waals surface area (Å²) in [6.07, 6.45) is 0. The molecule has 0 spiro atoms. The van der Waals surface area contributed by atoms with Crippen molar-refractivity contribution in [1.29, 1.82) is 0 Å². The molecule has 116 valence electrons. The molecular formula is C15H14ClNO4S. The zero-order valence-electron chi connectivity index (χ0n) is 12.1. The maximum Gasteiger partial charge on any atom is 0.350 e. The van der Waals surface area contributed by atoms with E-state index >= 15 is 0 Å². The number of fused-ring (bicyclic) bond motifs is 1. The zero-order valence-corrected chi connectivity index (χ0v) is 13.7. The molecule has 1 aliphatic heterocycles. The number of hydrogen-bond donors (Lipinski definition) is 0. The molecule has 0 unspecified atom stereocenters. The average Bonchev–Trinajstić information content (AvgIpc) is 2.84. The average molecular weight is 340 g/mol. The third-order valence-electron chi connectivity index (χ3n) is 3.12. The Labute approximate surface area is 136 Å². The molecule has 0 saturated carbocycles. The van der Waals surface area contributed by atoms with Gasteiger partial charge in [-0.1, -0.05) is 11.6 Å². The van der Waals surface area contributed by atoms with Crippen LogP contribution >= 0.6 is 22.9 Å². The van der Waals surface area contributed by atoms with E-state index in [4.69, 9.17) is 25.8 Å². The molecule has 22 heavy (non-hydrogen) atoms. The molecule has 0 aliphatic carbocycles. The fourth-order valence-corrected chi connectivity index (χ4v) is 3.28. The first-order chi connectivity index (χ1) is 10.5. The Kier molecular flexibility index (Phi) is 4.22. The molecule has 1 aliphatic rings. The summed E-state index contributed by atoms with van der Waals surface area (Å²) >= 11 is 7.48. The second-order valence-corrected chi connectivity index (χ2v) is 6.44. The van der Waals surface area contributed by atoms with Crippen LogP contribution in [0.1, 0.15) is 25.9 Å². The Hall–Kier alpha value is -1.79. The first-order valence-corrected chi connectivity index (χ1v) is 7.93. The number of carbonyl (C=O) groups is 1. The monoisotopic (exact) mass is 339 g/mol. The summed E-state index contributed by atoms with van der Waals surface area (Å²) in [6, 6.07) is 3.49. The highest BCUT2D eigenvalue weighted by Crippen LogP contribution is 2.38. The molecule has 2 aromatic rings. The Balaban J connectivity index is 1.73. The minimum absolute atomic E-state index is 0.117. The van der Waals surface area contributed by atoms with Gasteiger partial charge in [0.15, 0.2) is 11.5 Å². The van der Waals surface area contributed by atoms with E-state index in [1.807, 2.05) is 6.92 Å². The van der Waals surface area contributed by atoms with Crippen molar-refractivity contribution in [2.75, 3.05) is 13.2 Å². The van der Waals surface area contributed by atoms with E-state index in [-0.39, 0.29) is 12.6 Å². The molecule has 5 nitrogen and oxygen atoms in total. The maximum absolute atomic E-state index is 12.1. The number of nitrogens with zero attached hydrogens (tertiary/aromatic N) is 1. The highest BCUT2D eigenvalue weighted by molar-refractivity contribution is 7.13. The van der Waals surface area contributed by atoms with Gasteiger partial charge in [0.25, 0.3) is 0 Å². The Morgan fingerprint density at radius 1 is 1.36 bits per heavy atom. The number of aromatic nitrogens is 1. The maximum atomic E-state index is 12.1. The molecule has 2 heterocycles. The molecule has 0 bridgehead atoms. The van der Waals surface area contributed by atoms with Crippen LogP contribution in [0.5, 0.6) is 11.5 Å². The van der Waals surface area contributed by atoms with Crippen LogP contribution in [0.3, 0.4) is 0 Å². The molecule has 0 fully saturated rings. The van der Waals surface area contributed by atoms with Crippen molar-refractivity contribution in [2.24, 2.45) is 0 Å². The van der Waals surface area contributed by atoms with E-state index < -0.39 is 0 Å². The largest absolute Gasteiger partial charge is 0.486 e. The summed E-state index contributed by atoms with van der Waals surface area (Å²) in [6.45, 7) is 4.72. The number of thiazole rings is 1. The van der Waals surface area contributed by atoms with Crippen molar-refractivity contribution < 1.29 is 19.0 Å². The number of ether oxygens (including phenoxy) is 3. The van der Waals surface area contributed by atoms with E-state index in [0.29, 0.717) is 40.3 Å². The van der Waals surface area contributed by atoms with Crippen LogP contribution in [0.15, 0.2) is 12.1 Å². The first-order valence-electron chi connectivity index (χ1n) is 6.74. The molecule has 7 heteroatoms. The van der Waals surface area contributed by atoms with Gasteiger partial charge in [0.1, 0.15) is 24.7 Å². The van der Waals surface area contributed by atoms with Gasteiger partial charge in [-0.3, -0.25) is 0 Å².